The summed E-state index contributed by atoms with van der Waals surface area (Å²) in [6.07, 6.45) is 0. The molecule has 1 nitrogen and oxygen atoms in total. The fraction of sp³-hybridized carbons (Fsp3) is 1.00. The summed E-state index contributed by atoms with van der Waals surface area (Å²) < 4.78 is 24.4. The van der Waals surface area contributed by atoms with Gasteiger partial charge in [-0.3, -0.25) is 0 Å². The van der Waals surface area contributed by atoms with Gasteiger partial charge in [-0.2, -0.15) is 0 Å². The molecule has 0 rings (SSSR count). The van der Waals surface area contributed by atoms with E-state index in [1.165, 1.54) is 0 Å². The molecule has 0 radical (unpaired) electrons. The smallest absolute Gasteiger partial charge is 0.112 e. The van der Waals surface area contributed by atoms with E-state index in [2.05, 4.69) is 39.3 Å². The Balaban J connectivity index is 5.02. The number of hydrogen-bond acceptors (Lipinski definition) is 1. The first-order chi connectivity index (χ1) is 5.37. The molecule has 0 amide bonds. The second-order valence-corrected chi connectivity index (χ2v) is 14.7. The van der Waals surface area contributed by atoms with E-state index in [9.17, 15) is 0 Å². The predicted molar refractivity (Wildman–Crippen MR) is 54.5 cm³/mol. The molecule has 0 saturated carbocycles. The summed E-state index contributed by atoms with van der Waals surface area (Å²) in [6, 6.07) is 0. The van der Waals surface area contributed by atoms with Crippen molar-refractivity contribution in [1.29, 1.82) is 0 Å². The lowest BCUT2D eigenvalue weighted by molar-refractivity contribution is 0.759. The number of rotatable bonds is 2. The van der Waals surface area contributed by atoms with Crippen LogP contribution in [0.5, 0.6) is 0 Å². The first kappa shape index (κ1) is 5.97. The second-order valence-electron chi connectivity index (χ2n) is 4.68. The first-order valence-corrected chi connectivity index (χ1v) is 10.6. The van der Waals surface area contributed by atoms with Gasteiger partial charge in [-0.1, -0.05) is 39.3 Å². The fourth-order valence-corrected chi connectivity index (χ4v) is 9.06. The Morgan fingerprint density at radius 2 is 1.20 bits per heavy atom. The van der Waals surface area contributed by atoms with Crippen LogP contribution in [0, 0.1) is 0 Å². The third-order valence-electron chi connectivity index (χ3n) is 1.34. The average Bonchev–Trinajstić information content (AvgIpc) is 1.44. The lowest BCUT2D eigenvalue weighted by Crippen LogP contribution is -2.56. The summed E-state index contributed by atoms with van der Waals surface area (Å²) in [7, 11) is -3.45. The lowest BCUT2D eigenvalue weighted by Gasteiger charge is -2.40. The largest absolute Gasteiger partial charge is 0.349 e. The summed E-state index contributed by atoms with van der Waals surface area (Å²) in [5.74, 6) is 0. The van der Waals surface area contributed by atoms with Gasteiger partial charge in [0.15, 0.2) is 0 Å². The molecule has 0 aromatic carbocycles. The first-order valence-electron chi connectivity index (χ1n) is 5.17. The minimum absolute atomic E-state index is 1.72. The van der Waals surface area contributed by atoms with Crippen LogP contribution in [0.15, 0.2) is 0 Å². The van der Waals surface area contributed by atoms with Crippen molar-refractivity contribution in [3.63, 3.8) is 0 Å². The summed E-state index contributed by atoms with van der Waals surface area (Å²) in [5, 5.41) is 0. The number of hydrogen-bond donors (Lipinski definition) is 0. The highest BCUT2D eigenvalue weighted by Gasteiger charge is 2.30. The maximum absolute atomic E-state index is 7.53. The molecule has 0 aromatic heterocycles. The molecule has 10 heavy (non-hydrogen) atoms. The predicted octanol–water partition coefficient (Wildman–Crippen LogP) is 2.59. The Kier molecular flexibility index (Phi) is 1.67. The third-order valence-corrected chi connectivity index (χ3v) is 8.05. The molecule has 0 saturated heterocycles. The van der Waals surface area contributed by atoms with Crippen LogP contribution in [0.1, 0.15) is 4.11 Å². The topological polar surface area (TPSA) is 3.24 Å². The van der Waals surface area contributed by atoms with Gasteiger partial charge in [-0.15, -0.1) is 0 Å². The van der Waals surface area contributed by atoms with E-state index in [1.54, 1.807) is 0 Å². The monoisotopic (exact) mass is 178 g/mol. The second kappa shape index (κ2) is 2.79. The van der Waals surface area contributed by atoms with Crippen LogP contribution >= 0.6 is 0 Å². The van der Waals surface area contributed by atoms with Crippen molar-refractivity contribution in [2.75, 3.05) is 6.98 Å². The van der Waals surface area contributed by atoms with Gasteiger partial charge in [0.2, 0.25) is 0 Å². The molecule has 0 spiro atoms. The van der Waals surface area contributed by atoms with E-state index in [0.717, 1.165) is 0 Å². The average molecular weight is 178 g/mol. The molecule has 62 valence electrons. The van der Waals surface area contributed by atoms with Crippen LogP contribution in [0.2, 0.25) is 39.3 Å². The van der Waals surface area contributed by atoms with Crippen LogP contribution in [0.4, 0.5) is 0 Å². The maximum atomic E-state index is 7.53. The molecular formula is C7H21NSi2. The van der Waals surface area contributed by atoms with Crippen LogP contribution in [-0.4, -0.2) is 27.7 Å². The molecule has 0 fully saturated rings. The molecular weight excluding hydrogens is 154 g/mol. The van der Waals surface area contributed by atoms with Crippen LogP contribution in [-0.2, 0) is 0 Å². The molecule has 3 heteroatoms. The highest BCUT2D eigenvalue weighted by Crippen LogP contribution is 2.15. The van der Waals surface area contributed by atoms with E-state index in [-0.39, 0.29) is 0 Å². The zero-order chi connectivity index (χ0) is 11.1. The lowest BCUT2D eigenvalue weighted by atomic mass is 11.6. The van der Waals surface area contributed by atoms with E-state index in [1.807, 2.05) is 4.23 Å². The van der Waals surface area contributed by atoms with Gasteiger partial charge < -0.3 is 4.23 Å². The van der Waals surface area contributed by atoms with Gasteiger partial charge in [0.05, 0.1) is 0 Å². The van der Waals surface area contributed by atoms with Gasteiger partial charge in [0.25, 0.3) is 0 Å². The molecule has 0 atom stereocenters. The highest BCUT2D eigenvalue weighted by atomic mass is 28.4. The summed E-state index contributed by atoms with van der Waals surface area (Å²) >= 11 is 0. The Labute approximate surface area is 71.8 Å². The molecule has 0 heterocycles. The van der Waals surface area contributed by atoms with Crippen molar-refractivity contribution in [3.05, 3.63) is 0 Å². The summed E-state index contributed by atoms with van der Waals surface area (Å²) in [4.78, 5) is 0. The minimum Gasteiger partial charge on any atom is -0.349 e. The van der Waals surface area contributed by atoms with E-state index < -0.39 is 23.4 Å². The van der Waals surface area contributed by atoms with E-state index in [0.29, 0.717) is 0 Å². The van der Waals surface area contributed by atoms with Crippen molar-refractivity contribution >= 4 is 16.5 Å². The normalized spacial score (nSPS) is 20.1. The van der Waals surface area contributed by atoms with Gasteiger partial charge in [-0.05, 0) is 6.98 Å². The van der Waals surface area contributed by atoms with Crippen LogP contribution in [0.3, 0.4) is 0 Å². The van der Waals surface area contributed by atoms with Crippen molar-refractivity contribution in [3.8, 4) is 0 Å². The minimum atomic E-state index is -1.91. The zero-order valence-electron chi connectivity index (χ0n) is 10.9. The zero-order valence-corrected chi connectivity index (χ0v) is 9.95. The standard InChI is InChI=1S/C7H21NSi2/c1-8(9(2,3)4)10(5,6)7/h1-7H3/i1D3. The fourth-order valence-electron chi connectivity index (χ4n) is 1.01. The molecule has 0 N–H and O–H groups in total. The Bertz CT molecular complexity index is 144. The molecule has 0 aliphatic carbocycles. The van der Waals surface area contributed by atoms with Gasteiger partial charge in [-0.25, -0.2) is 0 Å². The third kappa shape index (κ3) is 2.99. The van der Waals surface area contributed by atoms with Crippen molar-refractivity contribution in [1.82, 2.24) is 4.23 Å². The van der Waals surface area contributed by atoms with E-state index >= 15 is 0 Å². The number of nitrogens with zero attached hydrogens (tertiary/aromatic N) is 1. The van der Waals surface area contributed by atoms with Gasteiger partial charge in [0.1, 0.15) is 16.5 Å². The summed E-state index contributed by atoms with van der Waals surface area (Å²) in [5.41, 5.74) is 0. The maximum Gasteiger partial charge on any atom is 0.112 e. The highest BCUT2D eigenvalue weighted by molar-refractivity contribution is 6.89. The molecule has 0 bridgehead atoms. The van der Waals surface area contributed by atoms with Crippen LogP contribution < -0.4 is 0 Å². The van der Waals surface area contributed by atoms with Gasteiger partial charge in [0, 0.05) is 4.11 Å². The quantitative estimate of drug-likeness (QED) is 0.588. The van der Waals surface area contributed by atoms with Crippen molar-refractivity contribution in [2.45, 2.75) is 39.3 Å². The van der Waals surface area contributed by atoms with Crippen molar-refractivity contribution in [2.24, 2.45) is 0 Å². The Morgan fingerprint density at radius 3 is 1.20 bits per heavy atom. The molecule has 0 unspecified atom stereocenters. The SMILES string of the molecule is [2H]C([2H])([2H])N([Si](C)(C)C)[Si](C)(C)C. The molecule has 0 aliphatic heterocycles. The van der Waals surface area contributed by atoms with Gasteiger partial charge >= 0.3 is 0 Å². The molecule has 0 aliphatic rings. The Hall–Kier alpha value is 0.394. The van der Waals surface area contributed by atoms with Crippen LogP contribution in [0.25, 0.3) is 0 Å². The molecule has 0 aromatic rings. The van der Waals surface area contributed by atoms with E-state index in [4.69, 9.17) is 4.11 Å². The Morgan fingerprint density at radius 1 is 0.900 bits per heavy atom. The van der Waals surface area contributed by atoms with Crippen molar-refractivity contribution < 1.29 is 4.11 Å². The summed E-state index contributed by atoms with van der Waals surface area (Å²) in [6.45, 7) is 10.7.